The molecule has 5 heteroatoms. The summed E-state index contributed by atoms with van der Waals surface area (Å²) >= 11 is 5.86. The van der Waals surface area contributed by atoms with Crippen molar-refractivity contribution < 1.29 is 14.7 Å². The lowest BCUT2D eigenvalue weighted by molar-refractivity contribution is -0.138. The Labute approximate surface area is 98.2 Å². The summed E-state index contributed by atoms with van der Waals surface area (Å²) < 4.78 is 0. The molecule has 0 bridgehead atoms. The van der Waals surface area contributed by atoms with Gasteiger partial charge in [-0.1, -0.05) is 17.7 Å². The van der Waals surface area contributed by atoms with E-state index < -0.39 is 17.9 Å². The molecule has 1 aromatic rings. The van der Waals surface area contributed by atoms with Gasteiger partial charge in [0.05, 0.1) is 0 Å². The van der Waals surface area contributed by atoms with Crippen LogP contribution in [0.15, 0.2) is 18.2 Å². The number of nitrogens with one attached hydrogen (secondary N) is 1. The predicted octanol–water partition coefficient (Wildman–Crippen LogP) is 1.85. The van der Waals surface area contributed by atoms with Crippen LogP contribution in [0, 0.1) is 6.92 Å². The Kier molecular flexibility index (Phi) is 3.90. The molecule has 0 heterocycles. The zero-order valence-corrected chi connectivity index (χ0v) is 9.71. The van der Waals surface area contributed by atoms with E-state index in [1.807, 2.05) is 6.92 Å². The molecule has 0 aliphatic carbocycles. The van der Waals surface area contributed by atoms with E-state index in [2.05, 4.69) is 5.32 Å². The molecule has 0 saturated carbocycles. The molecule has 0 aromatic heterocycles. The third-order valence-corrected chi connectivity index (χ3v) is 2.56. The summed E-state index contributed by atoms with van der Waals surface area (Å²) in [5.41, 5.74) is 1.22. The summed E-state index contributed by atoms with van der Waals surface area (Å²) in [6, 6.07) is 3.90. The first-order valence-corrected chi connectivity index (χ1v) is 5.09. The molecule has 0 spiro atoms. The maximum atomic E-state index is 11.6. The van der Waals surface area contributed by atoms with Gasteiger partial charge in [0, 0.05) is 10.6 Å². The second-order valence-electron chi connectivity index (χ2n) is 3.50. The van der Waals surface area contributed by atoms with E-state index in [4.69, 9.17) is 16.7 Å². The third-order valence-electron chi connectivity index (χ3n) is 2.15. The van der Waals surface area contributed by atoms with Gasteiger partial charge in [0.1, 0.15) is 6.04 Å². The largest absolute Gasteiger partial charge is 0.480 e. The summed E-state index contributed by atoms with van der Waals surface area (Å²) in [6.45, 7) is 3.22. The van der Waals surface area contributed by atoms with Gasteiger partial charge < -0.3 is 10.4 Å². The van der Waals surface area contributed by atoms with Crippen molar-refractivity contribution in [2.45, 2.75) is 19.9 Å². The lowest BCUT2D eigenvalue weighted by Gasteiger charge is -2.09. The summed E-state index contributed by atoms with van der Waals surface area (Å²) in [4.78, 5) is 22.1. The Balaban J connectivity index is 2.81. The third kappa shape index (κ3) is 2.97. The van der Waals surface area contributed by atoms with Crippen LogP contribution in [0.25, 0.3) is 0 Å². The van der Waals surface area contributed by atoms with Crippen molar-refractivity contribution in [2.24, 2.45) is 0 Å². The maximum Gasteiger partial charge on any atom is 0.325 e. The van der Waals surface area contributed by atoms with Gasteiger partial charge in [-0.05, 0) is 31.5 Å². The van der Waals surface area contributed by atoms with Gasteiger partial charge >= 0.3 is 5.97 Å². The molecule has 86 valence electrons. The van der Waals surface area contributed by atoms with Crippen LogP contribution in [-0.2, 0) is 4.79 Å². The molecule has 0 radical (unpaired) electrons. The number of aliphatic carboxylic acids is 1. The molecule has 1 rings (SSSR count). The van der Waals surface area contributed by atoms with E-state index in [1.54, 1.807) is 12.1 Å². The molecule has 1 unspecified atom stereocenters. The number of carbonyl (C=O) groups is 2. The fourth-order valence-corrected chi connectivity index (χ4v) is 1.26. The van der Waals surface area contributed by atoms with Gasteiger partial charge in [-0.3, -0.25) is 9.59 Å². The van der Waals surface area contributed by atoms with Crippen LogP contribution in [0.5, 0.6) is 0 Å². The summed E-state index contributed by atoms with van der Waals surface area (Å²) in [5, 5.41) is 11.5. The smallest absolute Gasteiger partial charge is 0.325 e. The molecule has 0 fully saturated rings. The normalized spacial score (nSPS) is 11.9. The Morgan fingerprint density at radius 1 is 1.44 bits per heavy atom. The average Bonchev–Trinajstić information content (AvgIpc) is 2.21. The van der Waals surface area contributed by atoms with Crippen LogP contribution < -0.4 is 5.32 Å². The second-order valence-corrected chi connectivity index (χ2v) is 3.90. The Morgan fingerprint density at radius 3 is 2.56 bits per heavy atom. The van der Waals surface area contributed by atoms with Crippen molar-refractivity contribution in [3.05, 3.63) is 34.3 Å². The highest BCUT2D eigenvalue weighted by atomic mass is 35.5. The van der Waals surface area contributed by atoms with Crippen LogP contribution in [0.2, 0.25) is 5.02 Å². The number of hydrogen-bond acceptors (Lipinski definition) is 2. The van der Waals surface area contributed by atoms with Crippen molar-refractivity contribution >= 4 is 23.5 Å². The first kappa shape index (κ1) is 12.5. The zero-order valence-electron chi connectivity index (χ0n) is 8.95. The molecule has 0 aliphatic heterocycles. The number of rotatable bonds is 3. The van der Waals surface area contributed by atoms with Gasteiger partial charge in [0.15, 0.2) is 0 Å². The fourth-order valence-electron chi connectivity index (χ4n) is 1.08. The van der Waals surface area contributed by atoms with Gasteiger partial charge in [-0.25, -0.2) is 0 Å². The Morgan fingerprint density at radius 2 is 2.06 bits per heavy atom. The summed E-state index contributed by atoms with van der Waals surface area (Å²) in [6.07, 6.45) is 0. The van der Waals surface area contributed by atoms with Crippen molar-refractivity contribution in [2.75, 3.05) is 0 Å². The first-order chi connectivity index (χ1) is 7.41. The van der Waals surface area contributed by atoms with E-state index in [0.717, 1.165) is 5.56 Å². The number of halogens is 1. The minimum absolute atomic E-state index is 0.351. The van der Waals surface area contributed by atoms with E-state index >= 15 is 0 Å². The van der Waals surface area contributed by atoms with Crippen LogP contribution >= 0.6 is 11.6 Å². The number of carbonyl (C=O) groups excluding carboxylic acids is 1. The average molecular weight is 242 g/mol. The van der Waals surface area contributed by atoms with E-state index in [-0.39, 0.29) is 0 Å². The number of benzene rings is 1. The van der Waals surface area contributed by atoms with Crippen molar-refractivity contribution in [1.29, 1.82) is 0 Å². The quantitative estimate of drug-likeness (QED) is 0.849. The van der Waals surface area contributed by atoms with E-state index in [0.29, 0.717) is 10.6 Å². The number of carboxylic acid groups (broad SMARTS) is 1. The topological polar surface area (TPSA) is 66.4 Å². The lowest BCUT2D eigenvalue weighted by atomic mass is 10.1. The second kappa shape index (κ2) is 4.99. The van der Waals surface area contributed by atoms with Gasteiger partial charge in [0.25, 0.3) is 5.91 Å². The molecule has 4 nitrogen and oxygen atoms in total. The minimum atomic E-state index is -1.08. The molecule has 1 aromatic carbocycles. The SMILES string of the molecule is Cc1ccc(C(=O)NC(C)C(=O)O)cc1Cl. The fraction of sp³-hybridized carbons (Fsp3) is 0.273. The van der Waals surface area contributed by atoms with Crippen LogP contribution in [0.4, 0.5) is 0 Å². The Hall–Kier alpha value is -1.55. The van der Waals surface area contributed by atoms with Crippen molar-refractivity contribution in [1.82, 2.24) is 5.32 Å². The van der Waals surface area contributed by atoms with Crippen LogP contribution in [0.1, 0.15) is 22.8 Å². The number of aryl methyl sites for hydroxylation is 1. The van der Waals surface area contributed by atoms with Gasteiger partial charge in [0.2, 0.25) is 0 Å². The highest BCUT2D eigenvalue weighted by Crippen LogP contribution is 2.16. The highest BCUT2D eigenvalue weighted by molar-refractivity contribution is 6.31. The predicted molar refractivity (Wildman–Crippen MR) is 60.8 cm³/mol. The molecule has 1 amide bonds. The molecular weight excluding hydrogens is 230 g/mol. The van der Waals surface area contributed by atoms with E-state index in [9.17, 15) is 9.59 Å². The van der Waals surface area contributed by atoms with Gasteiger partial charge in [-0.2, -0.15) is 0 Å². The standard InChI is InChI=1S/C11H12ClNO3/c1-6-3-4-8(5-9(6)12)10(14)13-7(2)11(15)16/h3-5,7H,1-2H3,(H,13,14)(H,15,16). The van der Waals surface area contributed by atoms with E-state index in [1.165, 1.54) is 13.0 Å². The molecular formula is C11H12ClNO3. The van der Waals surface area contributed by atoms with Crippen LogP contribution in [0.3, 0.4) is 0 Å². The number of amides is 1. The Bertz CT molecular complexity index is 431. The molecule has 2 N–H and O–H groups in total. The molecule has 0 aliphatic rings. The number of hydrogen-bond donors (Lipinski definition) is 2. The minimum Gasteiger partial charge on any atom is -0.480 e. The zero-order chi connectivity index (χ0) is 12.3. The van der Waals surface area contributed by atoms with Gasteiger partial charge in [-0.15, -0.1) is 0 Å². The lowest BCUT2D eigenvalue weighted by Crippen LogP contribution is -2.38. The summed E-state index contributed by atoms with van der Waals surface area (Å²) in [7, 11) is 0. The van der Waals surface area contributed by atoms with Crippen molar-refractivity contribution in [3.8, 4) is 0 Å². The molecule has 1 atom stereocenters. The molecule has 0 saturated heterocycles. The number of carboxylic acids is 1. The van der Waals surface area contributed by atoms with Crippen molar-refractivity contribution in [3.63, 3.8) is 0 Å². The maximum absolute atomic E-state index is 11.6. The first-order valence-electron chi connectivity index (χ1n) is 4.71. The summed E-state index contributed by atoms with van der Waals surface area (Å²) in [5.74, 6) is -1.52. The monoisotopic (exact) mass is 241 g/mol. The highest BCUT2D eigenvalue weighted by Gasteiger charge is 2.15. The molecule has 16 heavy (non-hydrogen) atoms. The van der Waals surface area contributed by atoms with Crippen LogP contribution in [-0.4, -0.2) is 23.0 Å².